The maximum absolute atomic E-state index is 12.5. The van der Waals surface area contributed by atoms with E-state index in [0.29, 0.717) is 6.54 Å². The summed E-state index contributed by atoms with van der Waals surface area (Å²) in [7, 11) is 0. The number of rotatable bonds is 3. The first-order chi connectivity index (χ1) is 9.67. The van der Waals surface area contributed by atoms with Gasteiger partial charge in [0.15, 0.2) is 0 Å². The van der Waals surface area contributed by atoms with Gasteiger partial charge in [0, 0.05) is 28.8 Å². The van der Waals surface area contributed by atoms with Crippen LogP contribution in [0, 0.1) is 5.41 Å². The summed E-state index contributed by atoms with van der Waals surface area (Å²) in [6.07, 6.45) is 5.51. The first-order valence-electron chi connectivity index (χ1n) is 7.38. The van der Waals surface area contributed by atoms with Gasteiger partial charge in [0.1, 0.15) is 0 Å². The van der Waals surface area contributed by atoms with Gasteiger partial charge in [-0.25, -0.2) is 0 Å². The van der Waals surface area contributed by atoms with Crippen molar-refractivity contribution in [2.24, 2.45) is 5.41 Å². The van der Waals surface area contributed by atoms with Gasteiger partial charge < -0.3 is 10.0 Å². The lowest BCUT2D eigenvalue weighted by Gasteiger charge is -2.38. The lowest BCUT2D eigenvalue weighted by Crippen LogP contribution is -2.41. The third kappa shape index (κ3) is 2.06. The standard InChI is InChI=1S/C17H21NO2/c1-13-14-7-3-4-8-15(14)16(20)18(13)11-17(12-19)9-5-2-6-10-17/h3-4,7-8,19H,1-2,5-6,9-12H2. The fraction of sp³-hybridized carbons (Fsp3) is 0.471. The van der Waals surface area contributed by atoms with Crippen molar-refractivity contribution in [3.63, 3.8) is 0 Å². The number of benzene rings is 1. The number of aliphatic hydroxyl groups is 1. The smallest absolute Gasteiger partial charge is 0.258 e. The first-order valence-corrected chi connectivity index (χ1v) is 7.38. The van der Waals surface area contributed by atoms with Crippen LogP contribution in [0.25, 0.3) is 5.70 Å². The molecule has 0 saturated heterocycles. The van der Waals surface area contributed by atoms with Crippen LogP contribution in [-0.2, 0) is 0 Å². The lowest BCUT2D eigenvalue weighted by atomic mass is 9.74. The van der Waals surface area contributed by atoms with Crippen LogP contribution in [0.15, 0.2) is 30.8 Å². The van der Waals surface area contributed by atoms with E-state index in [0.717, 1.165) is 42.5 Å². The van der Waals surface area contributed by atoms with Crippen molar-refractivity contribution < 1.29 is 9.90 Å². The zero-order chi connectivity index (χ0) is 14.2. The van der Waals surface area contributed by atoms with E-state index >= 15 is 0 Å². The monoisotopic (exact) mass is 271 g/mol. The topological polar surface area (TPSA) is 40.5 Å². The molecule has 1 aromatic carbocycles. The molecule has 1 heterocycles. The molecule has 1 amide bonds. The largest absolute Gasteiger partial charge is 0.396 e. The minimum absolute atomic E-state index is 0.0315. The highest BCUT2D eigenvalue weighted by molar-refractivity contribution is 6.08. The molecule has 3 nitrogen and oxygen atoms in total. The highest BCUT2D eigenvalue weighted by Crippen LogP contribution is 2.40. The summed E-state index contributed by atoms with van der Waals surface area (Å²) >= 11 is 0. The second kappa shape index (κ2) is 5.06. The Labute approximate surface area is 119 Å². The molecular formula is C17H21NO2. The van der Waals surface area contributed by atoms with Crippen molar-refractivity contribution >= 4 is 11.6 Å². The zero-order valence-electron chi connectivity index (χ0n) is 11.8. The van der Waals surface area contributed by atoms with E-state index in [2.05, 4.69) is 6.58 Å². The van der Waals surface area contributed by atoms with Gasteiger partial charge in [-0.2, -0.15) is 0 Å². The fourth-order valence-electron chi connectivity index (χ4n) is 3.51. The zero-order valence-corrected chi connectivity index (χ0v) is 11.8. The van der Waals surface area contributed by atoms with Gasteiger partial charge in [-0.05, 0) is 18.9 Å². The predicted molar refractivity (Wildman–Crippen MR) is 79.1 cm³/mol. The fourth-order valence-corrected chi connectivity index (χ4v) is 3.51. The molecule has 1 aromatic rings. The molecule has 0 spiro atoms. The number of fused-ring (bicyclic) bond motifs is 1. The summed E-state index contributed by atoms with van der Waals surface area (Å²) in [6.45, 7) is 4.83. The normalized spacial score (nSPS) is 21.1. The quantitative estimate of drug-likeness (QED) is 0.918. The van der Waals surface area contributed by atoms with Crippen molar-refractivity contribution in [2.75, 3.05) is 13.2 Å². The molecule has 1 N–H and O–H groups in total. The van der Waals surface area contributed by atoms with Crippen LogP contribution in [0.2, 0.25) is 0 Å². The van der Waals surface area contributed by atoms with Gasteiger partial charge in [-0.1, -0.05) is 44.0 Å². The van der Waals surface area contributed by atoms with E-state index in [1.807, 2.05) is 24.3 Å². The molecule has 2 aliphatic rings. The van der Waals surface area contributed by atoms with Crippen LogP contribution in [0.5, 0.6) is 0 Å². The molecule has 0 atom stereocenters. The lowest BCUT2D eigenvalue weighted by molar-refractivity contribution is 0.0491. The summed E-state index contributed by atoms with van der Waals surface area (Å²) in [6, 6.07) is 7.62. The van der Waals surface area contributed by atoms with Crippen molar-refractivity contribution in [2.45, 2.75) is 32.1 Å². The van der Waals surface area contributed by atoms with Crippen molar-refractivity contribution in [1.29, 1.82) is 0 Å². The Bertz CT molecular complexity index is 509. The van der Waals surface area contributed by atoms with Gasteiger partial charge in [0.2, 0.25) is 0 Å². The van der Waals surface area contributed by atoms with E-state index in [1.54, 1.807) is 4.90 Å². The van der Waals surface area contributed by atoms with Crippen LogP contribution in [0.4, 0.5) is 0 Å². The number of aliphatic hydroxyl groups excluding tert-OH is 1. The summed E-state index contributed by atoms with van der Waals surface area (Å²) in [4.78, 5) is 14.3. The average molecular weight is 271 g/mol. The van der Waals surface area contributed by atoms with E-state index < -0.39 is 0 Å². The summed E-state index contributed by atoms with van der Waals surface area (Å²) in [5.41, 5.74) is 2.31. The van der Waals surface area contributed by atoms with Gasteiger partial charge >= 0.3 is 0 Å². The van der Waals surface area contributed by atoms with Crippen LogP contribution in [-0.4, -0.2) is 29.1 Å². The number of nitrogens with zero attached hydrogens (tertiary/aromatic N) is 1. The van der Waals surface area contributed by atoms with Crippen molar-refractivity contribution in [1.82, 2.24) is 4.90 Å². The van der Waals surface area contributed by atoms with Crippen molar-refractivity contribution in [3.05, 3.63) is 42.0 Å². The highest BCUT2D eigenvalue weighted by atomic mass is 16.3. The minimum atomic E-state index is -0.140. The molecule has 0 bridgehead atoms. The molecule has 1 saturated carbocycles. The molecule has 106 valence electrons. The average Bonchev–Trinajstić information content (AvgIpc) is 2.74. The molecule has 1 aliphatic carbocycles. The Kier molecular flexibility index (Phi) is 3.38. The maximum atomic E-state index is 12.5. The van der Waals surface area contributed by atoms with Gasteiger partial charge in [0.25, 0.3) is 5.91 Å². The van der Waals surface area contributed by atoms with E-state index in [1.165, 1.54) is 6.42 Å². The van der Waals surface area contributed by atoms with E-state index in [9.17, 15) is 9.90 Å². The second-order valence-corrected chi connectivity index (χ2v) is 6.10. The molecule has 3 heteroatoms. The molecule has 1 aliphatic heterocycles. The summed E-state index contributed by atoms with van der Waals surface area (Å²) in [5, 5.41) is 9.82. The summed E-state index contributed by atoms with van der Waals surface area (Å²) in [5.74, 6) is 0.0315. The van der Waals surface area contributed by atoms with Gasteiger partial charge in [0.05, 0.1) is 6.61 Å². The number of carbonyl (C=O) groups excluding carboxylic acids is 1. The Morgan fingerprint density at radius 2 is 1.80 bits per heavy atom. The van der Waals surface area contributed by atoms with Crippen LogP contribution < -0.4 is 0 Å². The molecule has 3 rings (SSSR count). The summed E-state index contributed by atoms with van der Waals surface area (Å²) < 4.78 is 0. The van der Waals surface area contributed by atoms with Crippen LogP contribution in [0.3, 0.4) is 0 Å². The molecular weight excluding hydrogens is 250 g/mol. The highest BCUT2D eigenvalue weighted by Gasteiger charge is 2.39. The first kappa shape index (κ1) is 13.4. The Hall–Kier alpha value is -1.61. The number of amides is 1. The molecule has 0 unspecified atom stereocenters. The third-order valence-corrected chi connectivity index (χ3v) is 4.78. The molecule has 0 aromatic heterocycles. The van der Waals surface area contributed by atoms with Crippen LogP contribution in [0.1, 0.15) is 48.0 Å². The second-order valence-electron chi connectivity index (χ2n) is 6.10. The number of hydrogen-bond acceptors (Lipinski definition) is 2. The van der Waals surface area contributed by atoms with Crippen LogP contribution >= 0.6 is 0 Å². The predicted octanol–water partition coefficient (Wildman–Crippen LogP) is 3.06. The van der Waals surface area contributed by atoms with Gasteiger partial charge in [-0.3, -0.25) is 4.79 Å². The SMILES string of the molecule is C=C1c2ccccc2C(=O)N1CC1(CO)CCCCC1. The minimum Gasteiger partial charge on any atom is -0.396 e. The maximum Gasteiger partial charge on any atom is 0.258 e. The Balaban J connectivity index is 1.85. The molecule has 20 heavy (non-hydrogen) atoms. The van der Waals surface area contributed by atoms with Gasteiger partial charge in [-0.15, -0.1) is 0 Å². The van der Waals surface area contributed by atoms with Crippen molar-refractivity contribution in [3.8, 4) is 0 Å². The molecule has 1 fully saturated rings. The Morgan fingerprint density at radius 3 is 2.40 bits per heavy atom. The van der Waals surface area contributed by atoms with E-state index in [-0.39, 0.29) is 17.9 Å². The number of hydrogen-bond donors (Lipinski definition) is 1. The Morgan fingerprint density at radius 1 is 1.15 bits per heavy atom. The van der Waals surface area contributed by atoms with E-state index in [4.69, 9.17) is 0 Å². The number of carbonyl (C=O) groups is 1. The third-order valence-electron chi connectivity index (χ3n) is 4.78. The molecule has 0 radical (unpaired) electrons.